The summed E-state index contributed by atoms with van der Waals surface area (Å²) in [5.74, 6) is 0.0106. The van der Waals surface area contributed by atoms with E-state index in [2.05, 4.69) is 0 Å². The number of carbonyl (C=O) groups excluding carboxylic acids is 1. The molecule has 2 aromatic rings. The molecule has 0 bridgehead atoms. The van der Waals surface area contributed by atoms with Gasteiger partial charge < -0.3 is 24.1 Å². The second kappa shape index (κ2) is 8.72. The second-order valence-corrected chi connectivity index (χ2v) is 7.78. The Bertz CT molecular complexity index is 939. The van der Waals surface area contributed by atoms with Crippen molar-refractivity contribution in [2.75, 3.05) is 19.8 Å². The maximum atomic E-state index is 14.8. The predicted octanol–water partition coefficient (Wildman–Crippen LogP) is 3.79. The van der Waals surface area contributed by atoms with Crippen LogP contribution in [0.2, 0.25) is 0 Å². The molecule has 0 saturated carbocycles. The molecule has 1 unspecified atom stereocenters. The van der Waals surface area contributed by atoms with E-state index in [0.29, 0.717) is 31.1 Å². The van der Waals surface area contributed by atoms with Gasteiger partial charge >= 0.3 is 6.09 Å². The molecule has 2 aromatic carbocycles. The van der Waals surface area contributed by atoms with Crippen LogP contribution in [0.5, 0.6) is 11.5 Å². The van der Waals surface area contributed by atoms with Crippen molar-refractivity contribution in [1.82, 2.24) is 4.90 Å². The number of hydrogen-bond donors (Lipinski definition) is 1. The van der Waals surface area contributed by atoms with Gasteiger partial charge in [0.05, 0.1) is 12.6 Å². The number of benzene rings is 2. The fourth-order valence-electron chi connectivity index (χ4n) is 3.90. The third-order valence-electron chi connectivity index (χ3n) is 5.81. The van der Waals surface area contributed by atoms with Crippen molar-refractivity contribution in [2.45, 2.75) is 44.7 Å². The highest BCUT2D eigenvalue weighted by atomic mass is 19.1. The summed E-state index contributed by atoms with van der Waals surface area (Å²) in [6.45, 7) is 4.42. The molecule has 0 radical (unpaired) electrons. The zero-order valence-electron chi connectivity index (χ0n) is 17.5. The van der Waals surface area contributed by atoms with Crippen LogP contribution in [0, 0.1) is 5.82 Å². The van der Waals surface area contributed by atoms with Crippen molar-refractivity contribution < 1.29 is 33.2 Å². The molecule has 2 aliphatic rings. The minimum atomic E-state index is -1.34. The number of fused-ring (bicyclic) bond motifs is 1. The molecular weight excluding hydrogens is 405 g/mol. The number of amides is 1. The first kappa shape index (κ1) is 21.4. The highest BCUT2D eigenvalue weighted by Crippen LogP contribution is 2.40. The number of ether oxygens (including phenoxy) is 4. The second-order valence-electron chi connectivity index (χ2n) is 7.78. The fraction of sp³-hybridized carbons (Fsp3) is 0.435. The molecule has 4 rings (SSSR count). The molecule has 3 atom stereocenters. The molecular formula is C23H26FNO6. The normalized spacial score (nSPS) is 23.5. The van der Waals surface area contributed by atoms with E-state index in [1.807, 2.05) is 37.3 Å². The Balaban J connectivity index is 1.58. The highest BCUT2D eigenvalue weighted by Gasteiger charge is 2.50. The molecule has 2 aliphatic heterocycles. The standard InChI is InChI=1S/C23H26FNO6/c1-3-23(2)25(22(27)30-13-15-7-5-4-6-8-15)18(14-31-23)21(26)16-11-19-20(12-17(16)24)29-10-9-28-19/h4-8,11-12,18,21,26H,3,9-10,13-14H2,1-2H3/t18-,21+,23?/m1/s1. The first-order valence-electron chi connectivity index (χ1n) is 10.3. The number of halogens is 1. The molecule has 1 fully saturated rings. The maximum Gasteiger partial charge on any atom is 0.412 e. The molecule has 0 aliphatic carbocycles. The van der Waals surface area contributed by atoms with Crippen LogP contribution < -0.4 is 9.47 Å². The molecule has 1 saturated heterocycles. The molecule has 0 spiro atoms. The molecule has 166 valence electrons. The van der Waals surface area contributed by atoms with Gasteiger partial charge in [-0.15, -0.1) is 0 Å². The van der Waals surface area contributed by atoms with Crippen LogP contribution in [0.15, 0.2) is 42.5 Å². The van der Waals surface area contributed by atoms with Crippen molar-refractivity contribution in [3.63, 3.8) is 0 Å². The molecule has 2 heterocycles. The summed E-state index contributed by atoms with van der Waals surface area (Å²) in [4.78, 5) is 14.4. The van der Waals surface area contributed by atoms with Gasteiger partial charge in [0, 0.05) is 11.6 Å². The number of hydrogen-bond acceptors (Lipinski definition) is 6. The number of rotatable bonds is 5. The lowest BCUT2D eigenvalue weighted by Crippen LogP contribution is -2.51. The van der Waals surface area contributed by atoms with Gasteiger partial charge in [-0.05, 0) is 25.0 Å². The van der Waals surface area contributed by atoms with E-state index < -0.39 is 29.8 Å². The number of carbonyl (C=O) groups is 1. The Morgan fingerprint density at radius 1 is 1.26 bits per heavy atom. The van der Waals surface area contributed by atoms with Crippen LogP contribution in [0.3, 0.4) is 0 Å². The largest absolute Gasteiger partial charge is 0.486 e. The summed E-state index contributed by atoms with van der Waals surface area (Å²) < 4.78 is 37.1. The highest BCUT2D eigenvalue weighted by molar-refractivity contribution is 5.69. The van der Waals surface area contributed by atoms with Gasteiger partial charge in [-0.3, -0.25) is 4.90 Å². The van der Waals surface area contributed by atoms with E-state index in [-0.39, 0.29) is 18.8 Å². The van der Waals surface area contributed by atoms with Crippen LogP contribution >= 0.6 is 0 Å². The fourth-order valence-corrected chi connectivity index (χ4v) is 3.90. The van der Waals surface area contributed by atoms with Crippen molar-refractivity contribution in [3.8, 4) is 11.5 Å². The molecule has 0 aromatic heterocycles. The van der Waals surface area contributed by atoms with Crippen LogP contribution in [0.25, 0.3) is 0 Å². The van der Waals surface area contributed by atoms with Gasteiger partial charge in [0.2, 0.25) is 0 Å². The van der Waals surface area contributed by atoms with Gasteiger partial charge in [0.15, 0.2) is 11.5 Å². The van der Waals surface area contributed by atoms with E-state index in [4.69, 9.17) is 18.9 Å². The summed E-state index contributed by atoms with van der Waals surface area (Å²) in [7, 11) is 0. The summed E-state index contributed by atoms with van der Waals surface area (Å²) in [5.41, 5.74) is -0.132. The summed E-state index contributed by atoms with van der Waals surface area (Å²) in [6, 6.07) is 11.1. The van der Waals surface area contributed by atoms with Crippen molar-refractivity contribution in [1.29, 1.82) is 0 Å². The zero-order valence-corrected chi connectivity index (χ0v) is 17.5. The summed E-state index contributed by atoms with van der Waals surface area (Å²) in [6.07, 6.45) is -1.50. The van der Waals surface area contributed by atoms with E-state index in [0.717, 1.165) is 5.56 Å². The summed E-state index contributed by atoms with van der Waals surface area (Å²) in [5, 5.41) is 11.1. The Morgan fingerprint density at radius 2 is 1.94 bits per heavy atom. The molecule has 7 nitrogen and oxygen atoms in total. The number of nitrogens with zero attached hydrogens (tertiary/aromatic N) is 1. The first-order chi connectivity index (χ1) is 14.9. The number of aliphatic hydroxyl groups excluding tert-OH is 1. The van der Waals surface area contributed by atoms with Gasteiger partial charge in [-0.25, -0.2) is 9.18 Å². The van der Waals surface area contributed by atoms with Gasteiger partial charge in [0.25, 0.3) is 0 Å². The zero-order chi connectivity index (χ0) is 22.0. The van der Waals surface area contributed by atoms with E-state index >= 15 is 0 Å². The van der Waals surface area contributed by atoms with Gasteiger partial charge in [-0.2, -0.15) is 0 Å². The first-order valence-corrected chi connectivity index (χ1v) is 10.3. The van der Waals surface area contributed by atoms with Crippen molar-refractivity contribution in [3.05, 3.63) is 59.4 Å². The van der Waals surface area contributed by atoms with E-state index in [1.165, 1.54) is 17.0 Å². The lowest BCUT2D eigenvalue weighted by atomic mass is 9.99. The molecule has 31 heavy (non-hydrogen) atoms. The minimum Gasteiger partial charge on any atom is -0.486 e. The Labute approximate surface area is 180 Å². The lowest BCUT2D eigenvalue weighted by molar-refractivity contribution is -0.0707. The molecule has 1 N–H and O–H groups in total. The average Bonchev–Trinajstić information content (AvgIpc) is 3.15. The Hall–Kier alpha value is -2.84. The average molecular weight is 431 g/mol. The monoisotopic (exact) mass is 431 g/mol. The summed E-state index contributed by atoms with van der Waals surface area (Å²) >= 11 is 0. The van der Waals surface area contributed by atoms with Crippen LogP contribution in [-0.2, 0) is 16.1 Å². The quantitative estimate of drug-likeness (QED) is 0.776. The van der Waals surface area contributed by atoms with Crippen molar-refractivity contribution in [2.24, 2.45) is 0 Å². The maximum absolute atomic E-state index is 14.8. The molecule has 1 amide bonds. The predicted molar refractivity (Wildman–Crippen MR) is 109 cm³/mol. The minimum absolute atomic E-state index is 0.0130. The van der Waals surface area contributed by atoms with Gasteiger partial charge in [0.1, 0.15) is 37.5 Å². The van der Waals surface area contributed by atoms with Crippen LogP contribution in [0.4, 0.5) is 9.18 Å². The lowest BCUT2D eigenvalue weighted by Gasteiger charge is -2.36. The third-order valence-corrected chi connectivity index (χ3v) is 5.81. The third kappa shape index (κ3) is 4.18. The van der Waals surface area contributed by atoms with Crippen molar-refractivity contribution >= 4 is 6.09 Å². The van der Waals surface area contributed by atoms with Crippen LogP contribution in [0.1, 0.15) is 37.5 Å². The van der Waals surface area contributed by atoms with E-state index in [1.54, 1.807) is 6.92 Å². The van der Waals surface area contributed by atoms with E-state index in [9.17, 15) is 14.3 Å². The SMILES string of the molecule is CCC1(C)OC[C@H]([C@@H](O)c2cc3c(cc2F)OCCO3)N1C(=O)OCc1ccccc1. The Morgan fingerprint density at radius 3 is 2.61 bits per heavy atom. The topological polar surface area (TPSA) is 77.5 Å². The number of aliphatic hydroxyl groups is 1. The smallest absolute Gasteiger partial charge is 0.412 e. The van der Waals surface area contributed by atoms with Gasteiger partial charge in [-0.1, -0.05) is 37.3 Å². The van der Waals surface area contributed by atoms with Crippen LogP contribution in [-0.4, -0.2) is 47.7 Å². The molecule has 8 heteroatoms. The Kier molecular flexibility index (Phi) is 6.02.